The van der Waals surface area contributed by atoms with E-state index < -0.39 is 17.3 Å². The van der Waals surface area contributed by atoms with E-state index in [-0.39, 0.29) is 39.7 Å². The van der Waals surface area contributed by atoms with Gasteiger partial charge in [-0.3, -0.25) is 0 Å². The van der Waals surface area contributed by atoms with E-state index >= 15 is 8.78 Å². The number of ether oxygens (including phenoxy) is 1. The molecule has 0 amide bonds. The number of halogens is 3. The Kier molecular flexibility index (Phi) is 6.17. The van der Waals surface area contributed by atoms with Gasteiger partial charge in [-0.15, -0.1) is 0 Å². The van der Waals surface area contributed by atoms with E-state index in [0.29, 0.717) is 6.61 Å². The summed E-state index contributed by atoms with van der Waals surface area (Å²) in [5, 5.41) is 7.30. The first kappa shape index (κ1) is 22.6. The van der Waals surface area contributed by atoms with E-state index in [1.807, 2.05) is 32.8 Å². The summed E-state index contributed by atoms with van der Waals surface area (Å²) in [6.45, 7) is 4.99. The largest absolute Gasteiger partial charge is 0.493 e. The van der Waals surface area contributed by atoms with E-state index in [4.69, 9.17) is 16.3 Å². The van der Waals surface area contributed by atoms with Crippen LogP contribution in [-0.2, 0) is 0 Å². The quantitative estimate of drug-likeness (QED) is 0.251. The van der Waals surface area contributed by atoms with Gasteiger partial charge in [-0.05, 0) is 34.4 Å². The Morgan fingerprint density at radius 3 is 2.56 bits per heavy atom. The maximum Gasteiger partial charge on any atom is 0.255 e. The molecule has 1 aliphatic rings. The van der Waals surface area contributed by atoms with Crippen LogP contribution in [0, 0.1) is 11.6 Å². The van der Waals surface area contributed by atoms with Gasteiger partial charge in [0.15, 0.2) is 0 Å². The summed E-state index contributed by atoms with van der Waals surface area (Å²) in [4.78, 5) is 10.2. The molecule has 0 radical (unpaired) electrons. The zero-order valence-corrected chi connectivity index (χ0v) is 19.0. The predicted molar refractivity (Wildman–Crippen MR) is 118 cm³/mol. The number of fused-ring (bicyclic) bond motifs is 1. The molecule has 0 unspecified atom stereocenters. The normalized spacial score (nSPS) is 15.9. The van der Waals surface area contributed by atoms with E-state index in [2.05, 4.69) is 31.2 Å². The van der Waals surface area contributed by atoms with Gasteiger partial charge >= 0.3 is 0 Å². The average Bonchev–Trinajstić information content (AvgIpc) is 3.30. The minimum Gasteiger partial charge on any atom is -0.493 e. The molecule has 0 spiro atoms. The molecule has 172 valence electrons. The molecule has 3 N–H and O–H groups in total. The van der Waals surface area contributed by atoms with Gasteiger partial charge < -0.3 is 15.0 Å². The van der Waals surface area contributed by atoms with Crippen molar-refractivity contribution < 1.29 is 13.5 Å². The fourth-order valence-electron chi connectivity index (χ4n) is 3.28. The molecular weight excluding hydrogens is 442 g/mol. The number of anilines is 1. The lowest BCUT2D eigenvalue weighted by atomic mass is 10.0. The molecule has 0 bridgehead atoms. The van der Waals surface area contributed by atoms with Crippen molar-refractivity contribution in [2.45, 2.75) is 32.0 Å². The first-order valence-electron chi connectivity index (χ1n) is 10.2. The highest BCUT2D eigenvalue weighted by atomic mass is 35.5. The van der Waals surface area contributed by atoms with Gasteiger partial charge in [-0.1, -0.05) is 11.6 Å². The van der Waals surface area contributed by atoms with E-state index in [1.54, 1.807) is 0 Å². The van der Waals surface area contributed by atoms with Crippen molar-refractivity contribution in [1.82, 2.24) is 35.3 Å². The molecule has 12 heteroatoms. The monoisotopic (exact) mass is 466 g/mol. The SMILES string of the molecule is C[C@H](Nc1c(-c2c(F)cc(OCCCN(C)C)cc2F)c(Cl)nc2ncnn12)C1(C)NN1. The fraction of sp³-hybridized carbons (Fsp3) is 0.450. The first-order valence-corrected chi connectivity index (χ1v) is 10.5. The third kappa shape index (κ3) is 4.46. The second kappa shape index (κ2) is 8.74. The number of hydrazine groups is 1. The van der Waals surface area contributed by atoms with Crippen LogP contribution in [0.4, 0.5) is 14.6 Å². The predicted octanol–water partition coefficient (Wildman–Crippen LogP) is 2.68. The van der Waals surface area contributed by atoms with Gasteiger partial charge in [0.05, 0.1) is 23.8 Å². The van der Waals surface area contributed by atoms with Gasteiger partial charge in [0, 0.05) is 18.7 Å². The van der Waals surface area contributed by atoms with Crippen LogP contribution in [0.15, 0.2) is 18.5 Å². The minimum absolute atomic E-state index is 0.0509. The van der Waals surface area contributed by atoms with Crippen LogP contribution in [0.1, 0.15) is 20.3 Å². The lowest BCUT2D eigenvalue weighted by Crippen LogP contribution is -2.36. The Morgan fingerprint density at radius 2 is 1.94 bits per heavy atom. The summed E-state index contributed by atoms with van der Waals surface area (Å²) in [5.74, 6) is -1.05. The highest BCUT2D eigenvalue weighted by Crippen LogP contribution is 2.39. The molecule has 3 aromatic rings. The lowest BCUT2D eigenvalue weighted by Gasteiger charge is -2.22. The molecule has 0 saturated carbocycles. The van der Waals surface area contributed by atoms with Crippen LogP contribution in [0.5, 0.6) is 5.75 Å². The summed E-state index contributed by atoms with van der Waals surface area (Å²) < 4.78 is 37.3. The summed E-state index contributed by atoms with van der Waals surface area (Å²) in [6, 6.07) is 2.10. The van der Waals surface area contributed by atoms with Crippen LogP contribution >= 0.6 is 11.6 Å². The van der Waals surface area contributed by atoms with Gasteiger partial charge in [-0.2, -0.15) is 19.6 Å². The Bertz CT molecular complexity index is 1110. The van der Waals surface area contributed by atoms with E-state index in [1.165, 1.54) is 10.8 Å². The number of rotatable bonds is 9. The Morgan fingerprint density at radius 1 is 1.25 bits per heavy atom. The van der Waals surface area contributed by atoms with Gasteiger partial charge in [0.1, 0.15) is 40.3 Å². The molecule has 32 heavy (non-hydrogen) atoms. The van der Waals surface area contributed by atoms with Crippen LogP contribution in [0.3, 0.4) is 0 Å². The first-order chi connectivity index (χ1) is 15.2. The summed E-state index contributed by atoms with van der Waals surface area (Å²) >= 11 is 6.40. The van der Waals surface area contributed by atoms with Crippen molar-refractivity contribution in [3.05, 3.63) is 35.2 Å². The number of nitrogens with zero attached hydrogens (tertiary/aromatic N) is 5. The number of benzene rings is 1. The average molecular weight is 467 g/mol. The maximum absolute atomic E-state index is 15.2. The van der Waals surface area contributed by atoms with Crippen LogP contribution < -0.4 is 20.9 Å². The molecule has 1 aromatic carbocycles. The third-order valence-corrected chi connectivity index (χ3v) is 5.68. The number of aromatic nitrogens is 4. The smallest absolute Gasteiger partial charge is 0.255 e. The molecule has 1 fully saturated rings. The molecule has 1 saturated heterocycles. The molecule has 2 aromatic heterocycles. The van der Waals surface area contributed by atoms with Gasteiger partial charge in [0.2, 0.25) is 0 Å². The Labute approximate surface area is 189 Å². The van der Waals surface area contributed by atoms with Crippen molar-refractivity contribution in [1.29, 1.82) is 0 Å². The fourth-order valence-corrected chi connectivity index (χ4v) is 3.54. The van der Waals surface area contributed by atoms with Crippen LogP contribution in [0.25, 0.3) is 16.9 Å². The summed E-state index contributed by atoms with van der Waals surface area (Å²) in [6.07, 6.45) is 2.02. The van der Waals surface area contributed by atoms with Crippen molar-refractivity contribution in [3.8, 4) is 16.9 Å². The molecular formula is C20H25ClF2N8O. The summed E-state index contributed by atoms with van der Waals surface area (Å²) in [7, 11) is 3.89. The Hall–Kier alpha value is -2.60. The van der Waals surface area contributed by atoms with Crippen molar-refractivity contribution >= 4 is 23.2 Å². The van der Waals surface area contributed by atoms with Crippen LogP contribution in [0.2, 0.25) is 5.15 Å². The molecule has 1 atom stereocenters. The highest BCUT2D eigenvalue weighted by Gasteiger charge is 2.42. The molecule has 3 heterocycles. The molecule has 9 nitrogen and oxygen atoms in total. The zero-order valence-electron chi connectivity index (χ0n) is 18.2. The number of hydrogen-bond donors (Lipinski definition) is 3. The maximum atomic E-state index is 15.2. The minimum atomic E-state index is -0.819. The van der Waals surface area contributed by atoms with Gasteiger partial charge in [0.25, 0.3) is 5.78 Å². The number of hydrogen-bond acceptors (Lipinski definition) is 8. The lowest BCUT2D eigenvalue weighted by molar-refractivity contribution is 0.279. The molecule has 0 aliphatic carbocycles. The van der Waals surface area contributed by atoms with Crippen LogP contribution in [-0.4, -0.2) is 63.4 Å². The highest BCUT2D eigenvalue weighted by molar-refractivity contribution is 6.33. The number of nitrogens with one attached hydrogen (secondary N) is 3. The van der Waals surface area contributed by atoms with Crippen molar-refractivity contribution in [2.24, 2.45) is 0 Å². The zero-order chi connectivity index (χ0) is 23.0. The van der Waals surface area contributed by atoms with Gasteiger partial charge in [-0.25, -0.2) is 19.6 Å². The Balaban J connectivity index is 1.72. The topological polar surface area (TPSA) is 111 Å². The van der Waals surface area contributed by atoms with Crippen molar-refractivity contribution in [2.75, 3.05) is 32.6 Å². The molecule has 4 rings (SSSR count). The third-order valence-electron chi connectivity index (χ3n) is 5.41. The standard InChI is InChI=1S/C20H25ClF2N8O/c1-11(20(2)28-29-20)26-18-16(17(21)27-19-24-10-25-31(18)19)15-13(22)8-12(9-14(15)23)32-7-5-6-30(3)4/h8-11,26,28-29H,5-7H2,1-4H3/t11-/m0/s1. The summed E-state index contributed by atoms with van der Waals surface area (Å²) in [5.41, 5.74) is 5.39. The van der Waals surface area contributed by atoms with Crippen molar-refractivity contribution in [3.63, 3.8) is 0 Å². The molecule has 1 aliphatic heterocycles. The van der Waals surface area contributed by atoms with E-state index in [9.17, 15) is 0 Å². The second-order valence-corrected chi connectivity index (χ2v) is 8.54. The second-order valence-electron chi connectivity index (χ2n) is 8.18. The van der Waals surface area contributed by atoms with E-state index in [0.717, 1.165) is 25.1 Å².